The van der Waals surface area contributed by atoms with Gasteiger partial charge < -0.3 is 20.1 Å². The lowest BCUT2D eigenvalue weighted by molar-refractivity contribution is -0.162. The molecule has 0 radical (unpaired) electrons. The van der Waals surface area contributed by atoms with Gasteiger partial charge in [-0.15, -0.1) is 0 Å². The molecule has 0 spiro atoms. The van der Waals surface area contributed by atoms with Gasteiger partial charge in [-0.05, 0) is 24.3 Å². The summed E-state index contributed by atoms with van der Waals surface area (Å²) < 4.78 is 5.15. The van der Waals surface area contributed by atoms with Gasteiger partial charge in [0.2, 0.25) is 0 Å². The first kappa shape index (κ1) is 14.7. The summed E-state index contributed by atoms with van der Waals surface area (Å²) in [5.41, 5.74) is -2.84. The van der Waals surface area contributed by atoms with Gasteiger partial charge in [0.15, 0.2) is 11.4 Å². The highest BCUT2D eigenvalue weighted by Gasteiger charge is 2.64. The van der Waals surface area contributed by atoms with E-state index in [1.807, 2.05) is 6.92 Å². The van der Waals surface area contributed by atoms with Crippen LogP contribution in [-0.2, 0) is 14.3 Å². The monoisotopic (exact) mass is 296 g/mol. The Balaban J connectivity index is 2.08. The second-order valence-corrected chi connectivity index (χ2v) is 6.78. The van der Waals surface area contributed by atoms with Gasteiger partial charge in [-0.3, -0.25) is 4.79 Å². The third kappa shape index (κ3) is 1.69. The number of allylic oxidation sites excluding steroid dienone is 2. The highest BCUT2D eigenvalue weighted by atomic mass is 16.6. The van der Waals surface area contributed by atoms with Gasteiger partial charge in [-0.25, -0.2) is 4.79 Å². The van der Waals surface area contributed by atoms with E-state index in [2.05, 4.69) is 0 Å². The summed E-state index contributed by atoms with van der Waals surface area (Å²) in [4.78, 5) is 24.2. The number of hydrogen-bond donors (Lipinski definition) is 3. The zero-order chi connectivity index (χ0) is 15.6. The minimum absolute atomic E-state index is 0.0770. The highest BCUT2D eigenvalue weighted by Crippen LogP contribution is 2.54. The van der Waals surface area contributed by atoms with E-state index in [1.165, 1.54) is 6.08 Å². The Morgan fingerprint density at radius 2 is 2.10 bits per heavy atom. The average Bonchev–Trinajstić information content (AvgIpc) is 2.85. The van der Waals surface area contributed by atoms with Crippen molar-refractivity contribution in [1.29, 1.82) is 0 Å². The molecule has 2 fully saturated rings. The normalized spacial score (nSPS) is 52.3. The third-order valence-electron chi connectivity index (χ3n) is 5.69. The number of rotatable bonds is 1. The van der Waals surface area contributed by atoms with Crippen molar-refractivity contribution in [3.63, 3.8) is 0 Å². The summed E-state index contributed by atoms with van der Waals surface area (Å²) in [6.07, 6.45) is 1.61. The molecule has 0 amide bonds. The molecule has 1 saturated heterocycles. The predicted octanol–water partition coefficient (Wildman–Crippen LogP) is -0.587. The van der Waals surface area contributed by atoms with E-state index >= 15 is 0 Å². The van der Waals surface area contributed by atoms with Crippen LogP contribution in [0, 0.1) is 23.2 Å². The number of carbonyl (C=O) groups is 2. The van der Waals surface area contributed by atoms with E-state index < -0.39 is 41.7 Å². The van der Waals surface area contributed by atoms with Crippen LogP contribution < -0.4 is 0 Å². The van der Waals surface area contributed by atoms with Crippen LogP contribution in [0.2, 0.25) is 0 Å². The second-order valence-electron chi connectivity index (χ2n) is 6.78. The van der Waals surface area contributed by atoms with Gasteiger partial charge in [0, 0.05) is 11.3 Å². The van der Waals surface area contributed by atoms with Crippen molar-refractivity contribution in [1.82, 2.24) is 0 Å². The SMILES string of the molecule is C[C@@H]1[C@@H](O)[C@H]2OC(=O)[C@](O)(CO)[C@H]2C[C@]2(C)C(=O)C=C[C@@H]12. The molecular formula is C15H20O6. The van der Waals surface area contributed by atoms with Crippen LogP contribution in [0.5, 0.6) is 0 Å². The van der Waals surface area contributed by atoms with Crippen LogP contribution in [0.3, 0.4) is 0 Å². The minimum Gasteiger partial charge on any atom is -0.457 e. The maximum absolute atomic E-state index is 12.3. The molecule has 3 aliphatic rings. The lowest BCUT2D eigenvalue weighted by Crippen LogP contribution is -2.48. The molecule has 3 N–H and O–H groups in total. The number of carbonyl (C=O) groups excluding carboxylic acids is 2. The van der Waals surface area contributed by atoms with Crippen LogP contribution >= 0.6 is 0 Å². The topological polar surface area (TPSA) is 104 Å². The fourth-order valence-corrected chi connectivity index (χ4v) is 4.22. The van der Waals surface area contributed by atoms with Gasteiger partial charge >= 0.3 is 5.97 Å². The third-order valence-corrected chi connectivity index (χ3v) is 5.69. The van der Waals surface area contributed by atoms with Crippen molar-refractivity contribution in [2.45, 2.75) is 38.1 Å². The number of esters is 1. The van der Waals surface area contributed by atoms with Gasteiger partial charge in [0.05, 0.1) is 12.7 Å². The smallest absolute Gasteiger partial charge is 0.341 e. The van der Waals surface area contributed by atoms with Gasteiger partial charge in [0.1, 0.15) is 6.10 Å². The number of hydrogen-bond acceptors (Lipinski definition) is 6. The Morgan fingerprint density at radius 3 is 2.71 bits per heavy atom. The molecule has 0 aromatic carbocycles. The van der Waals surface area contributed by atoms with E-state index in [-0.39, 0.29) is 24.0 Å². The van der Waals surface area contributed by atoms with E-state index in [1.54, 1.807) is 13.0 Å². The van der Waals surface area contributed by atoms with E-state index in [4.69, 9.17) is 4.74 Å². The van der Waals surface area contributed by atoms with Crippen molar-refractivity contribution in [3.05, 3.63) is 12.2 Å². The predicted molar refractivity (Wildman–Crippen MR) is 70.9 cm³/mol. The molecule has 21 heavy (non-hydrogen) atoms. The molecule has 0 bridgehead atoms. The maximum atomic E-state index is 12.3. The summed E-state index contributed by atoms with van der Waals surface area (Å²) in [6.45, 7) is 2.81. The first-order chi connectivity index (χ1) is 9.75. The van der Waals surface area contributed by atoms with Crippen LogP contribution in [-0.4, -0.2) is 51.5 Å². The fraction of sp³-hybridized carbons (Fsp3) is 0.733. The van der Waals surface area contributed by atoms with Crippen LogP contribution in [0.15, 0.2) is 12.2 Å². The molecule has 7 atom stereocenters. The van der Waals surface area contributed by atoms with Gasteiger partial charge in [-0.2, -0.15) is 0 Å². The first-order valence-electron chi connectivity index (χ1n) is 7.20. The number of aliphatic hydroxyl groups excluding tert-OH is 2. The van der Waals surface area contributed by atoms with Crippen molar-refractivity contribution in [3.8, 4) is 0 Å². The maximum Gasteiger partial charge on any atom is 0.341 e. The summed E-state index contributed by atoms with van der Waals surface area (Å²) in [6, 6.07) is 0. The molecule has 0 unspecified atom stereocenters. The van der Waals surface area contributed by atoms with Crippen LogP contribution in [0.1, 0.15) is 20.3 Å². The minimum atomic E-state index is -2.05. The van der Waals surface area contributed by atoms with Crippen molar-refractivity contribution >= 4 is 11.8 Å². The molecule has 1 saturated carbocycles. The molecule has 1 heterocycles. The Hall–Kier alpha value is -1.24. The molecule has 2 aliphatic carbocycles. The van der Waals surface area contributed by atoms with Crippen molar-refractivity contribution < 1.29 is 29.6 Å². The molecular weight excluding hydrogens is 276 g/mol. The lowest BCUT2D eigenvalue weighted by Gasteiger charge is -2.34. The zero-order valence-electron chi connectivity index (χ0n) is 12.0. The van der Waals surface area contributed by atoms with Crippen molar-refractivity contribution in [2.24, 2.45) is 23.2 Å². The Bertz CT molecular complexity index is 528. The second kappa shape index (κ2) is 4.38. The number of ether oxygens (including phenoxy) is 1. The van der Waals surface area contributed by atoms with Gasteiger partial charge in [0.25, 0.3) is 0 Å². The summed E-state index contributed by atoms with van der Waals surface area (Å²) in [7, 11) is 0. The Labute approximate surface area is 122 Å². The average molecular weight is 296 g/mol. The quantitative estimate of drug-likeness (QED) is 0.559. The molecule has 6 heteroatoms. The largest absolute Gasteiger partial charge is 0.457 e. The molecule has 6 nitrogen and oxygen atoms in total. The number of aliphatic hydroxyl groups is 3. The highest BCUT2D eigenvalue weighted by molar-refractivity contribution is 5.97. The Morgan fingerprint density at radius 1 is 1.43 bits per heavy atom. The summed E-state index contributed by atoms with van der Waals surface area (Å²) >= 11 is 0. The molecule has 1 aliphatic heterocycles. The Kier molecular flexibility index (Phi) is 3.06. The number of fused-ring (bicyclic) bond motifs is 2. The van der Waals surface area contributed by atoms with Crippen molar-refractivity contribution in [2.75, 3.05) is 6.61 Å². The van der Waals surface area contributed by atoms with Crippen LogP contribution in [0.25, 0.3) is 0 Å². The molecule has 3 rings (SSSR count). The summed E-state index contributed by atoms with van der Waals surface area (Å²) in [5.74, 6) is -2.27. The lowest BCUT2D eigenvalue weighted by atomic mass is 9.68. The number of ketones is 1. The molecule has 116 valence electrons. The standard InChI is InChI=1S/C15H20O6/c1-7-8-3-4-10(17)14(8,2)5-9-12(11(7)18)21-13(19)15(9,20)6-16/h3-4,7-9,11-12,16,18,20H,5-6H2,1-2H3/t7-,8-,9-,11+,12-,14-,15-/m0/s1. The molecule has 0 aromatic heterocycles. The van der Waals surface area contributed by atoms with Crippen LogP contribution in [0.4, 0.5) is 0 Å². The van der Waals surface area contributed by atoms with Gasteiger partial charge in [-0.1, -0.05) is 19.9 Å². The van der Waals surface area contributed by atoms with E-state index in [0.717, 1.165) is 0 Å². The molecule has 0 aromatic rings. The fourth-order valence-electron chi connectivity index (χ4n) is 4.22. The summed E-state index contributed by atoms with van der Waals surface area (Å²) in [5, 5.41) is 30.4. The first-order valence-corrected chi connectivity index (χ1v) is 7.20. The van der Waals surface area contributed by atoms with E-state index in [9.17, 15) is 24.9 Å². The van der Waals surface area contributed by atoms with E-state index in [0.29, 0.717) is 0 Å². The zero-order valence-corrected chi connectivity index (χ0v) is 12.0.